The van der Waals surface area contributed by atoms with Gasteiger partial charge in [0.2, 0.25) is 5.91 Å². The number of ketones is 1. The molecule has 1 heterocycles. The van der Waals surface area contributed by atoms with Crippen molar-refractivity contribution in [2.24, 2.45) is 16.7 Å². The van der Waals surface area contributed by atoms with Crippen molar-refractivity contribution < 1.29 is 14.3 Å². The van der Waals surface area contributed by atoms with Gasteiger partial charge in [0.15, 0.2) is 5.78 Å². The summed E-state index contributed by atoms with van der Waals surface area (Å²) < 4.78 is 5.37. The number of hydrogen-bond acceptors (Lipinski definition) is 3. The number of rotatable bonds is 5. The summed E-state index contributed by atoms with van der Waals surface area (Å²) in [6, 6.07) is -0.423. The van der Waals surface area contributed by atoms with Crippen molar-refractivity contribution in [1.82, 2.24) is 5.32 Å². The Morgan fingerprint density at radius 1 is 1.19 bits per heavy atom. The van der Waals surface area contributed by atoms with Crippen LogP contribution >= 0.6 is 0 Å². The molecule has 1 aliphatic rings. The summed E-state index contributed by atoms with van der Waals surface area (Å²) in [5.41, 5.74) is -0.279. The molecule has 1 aliphatic heterocycles. The molecular weight excluding hydrogens is 266 g/mol. The highest BCUT2D eigenvalue weighted by Crippen LogP contribution is 2.33. The first-order valence-corrected chi connectivity index (χ1v) is 7.96. The summed E-state index contributed by atoms with van der Waals surface area (Å²) in [6.45, 7) is 13.3. The van der Waals surface area contributed by atoms with Crippen LogP contribution in [0.5, 0.6) is 0 Å². The van der Waals surface area contributed by atoms with Gasteiger partial charge >= 0.3 is 0 Å². The van der Waals surface area contributed by atoms with E-state index >= 15 is 0 Å². The lowest BCUT2D eigenvalue weighted by atomic mass is 9.78. The van der Waals surface area contributed by atoms with Gasteiger partial charge in [-0.15, -0.1) is 0 Å². The molecule has 0 aromatic heterocycles. The maximum Gasteiger partial charge on any atom is 0.221 e. The van der Waals surface area contributed by atoms with Gasteiger partial charge < -0.3 is 10.1 Å². The number of Topliss-reactive ketones (excluding diaryl/α,β-unsaturated/α-hetero) is 1. The molecule has 1 rings (SSSR count). The molecule has 0 aliphatic carbocycles. The fourth-order valence-electron chi connectivity index (χ4n) is 2.69. The monoisotopic (exact) mass is 297 g/mol. The molecule has 4 heteroatoms. The lowest BCUT2D eigenvalue weighted by Gasteiger charge is -2.35. The van der Waals surface area contributed by atoms with E-state index in [2.05, 4.69) is 12.2 Å². The van der Waals surface area contributed by atoms with Crippen LogP contribution in [0.25, 0.3) is 0 Å². The zero-order valence-corrected chi connectivity index (χ0v) is 14.4. The summed E-state index contributed by atoms with van der Waals surface area (Å²) in [6.07, 6.45) is 2.27. The first-order chi connectivity index (χ1) is 9.55. The van der Waals surface area contributed by atoms with Crippen LogP contribution in [0.3, 0.4) is 0 Å². The molecule has 1 amide bonds. The van der Waals surface area contributed by atoms with Gasteiger partial charge in [0.05, 0.1) is 6.04 Å². The van der Waals surface area contributed by atoms with Crippen molar-refractivity contribution in [2.75, 3.05) is 13.2 Å². The highest BCUT2D eigenvalue weighted by Gasteiger charge is 2.36. The fourth-order valence-corrected chi connectivity index (χ4v) is 2.69. The smallest absolute Gasteiger partial charge is 0.221 e. The third kappa shape index (κ3) is 5.42. The summed E-state index contributed by atoms with van der Waals surface area (Å²) in [5.74, 6) is 0.00879. The van der Waals surface area contributed by atoms with Gasteiger partial charge in [-0.25, -0.2) is 0 Å². The Bertz CT molecular complexity index is 376. The maximum atomic E-state index is 12.4. The molecule has 1 atom stereocenters. The minimum absolute atomic E-state index is 0.00829. The van der Waals surface area contributed by atoms with Crippen LogP contribution in [-0.4, -0.2) is 30.9 Å². The van der Waals surface area contributed by atoms with Gasteiger partial charge in [-0.3, -0.25) is 9.59 Å². The number of carbonyl (C=O) groups is 2. The molecule has 0 aromatic carbocycles. The SMILES string of the molecule is CC(C)C(=O)C(NC(=O)CC1(C)CCOCC1)C(C)(C)C. The molecule has 4 nitrogen and oxygen atoms in total. The number of amides is 1. The number of carbonyl (C=O) groups excluding carboxylic acids is 2. The molecule has 0 spiro atoms. The predicted octanol–water partition coefficient (Wildman–Crippen LogP) is 2.95. The van der Waals surface area contributed by atoms with E-state index in [0.29, 0.717) is 6.42 Å². The highest BCUT2D eigenvalue weighted by molar-refractivity contribution is 5.91. The van der Waals surface area contributed by atoms with E-state index in [1.807, 2.05) is 34.6 Å². The van der Waals surface area contributed by atoms with Crippen LogP contribution in [-0.2, 0) is 14.3 Å². The number of ether oxygens (including phenoxy) is 1. The quantitative estimate of drug-likeness (QED) is 0.849. The topological polar surface area (TPSA) is 55.4 Å². The summed E-state index contributed by atoms with van der Waals surface area (Å²) in [4.78, 5) is 24.8. The van der Waals surface area contributed by atoms with E-state index < -0.39 is 6.04 Å². The zero-order chi connectivity index (χ0) is 16.3. The van der Waals surface area contributed by atoms with Crippen molar-refractivity contribution in [3.63, 3.8) is 0 Å². The second-order valence-electron chi connectivity index (χ2n) is 8.02. The van der Waals surface area contributed by atoms with Crippen molar-refractivity contribution >= 4 is 11.7 Å². The average molecular weight is 297 g/mol. The van der Waals surface area contributed by atoms with E-state index in [9.17, 15) is 9.59 Å². The third-order valence-electron chi connectivity index (χ3n) is 4.31. The second-order valence-corrected chi connectivity index (χ2v) is 8.02. The van der Waals surface area contributed by atoms with Crippen LogP contribution in [0, 0.1) is 16.7 Å². The molecule has 1 N–H and O–H groups in total. The normalized spacial score (nSPS) is 20.1. The van der Waals surface area contributed by atoms with E-state index in [1.54, 1.807) is 0 Å². The number of hydrogen-bond donors (Lipinski definition) is 1. The van der Waals surface area contributed by atoms with E-state index in [1.165, 1.54) is 0 Å². The van der Waals surface area contributed by atoms with E-state index in [-0.39, 0.29) is 28.4 Å². The van der Waals surface area contributed by atoms with Crippen LogP contribution < -0.4 is 5.32 Å². The molecule has 122 valence electrons. The van der Waals surface area contributed by atoms with Crippen molar-refractivity contribution in [1.29, 1.82) is 0 Å². The lowest BCUT2D eigenvalue weighted by Crippen LogP contribution is -2.51. The molecule has 1 fully saturated rings. The Labute approximate surface area is 129 Å². The Kier molecular flexibility index (Phi) is 5.97. The van der Waals surface area contributed by atoms with Crippen molar-refractivity contribution in [2.45, 2.75) is 66.8 Å². The molecule has 1 unspecified atom stereocenters. The highest BCUT2D eigenvalue weighted by atomic mass is 16.5. The molecule has 21 heavy (non-hydrogen) atoms. The van der Waals surface area contributed by atoms with Crippen LogP contribution in [0.4, 0.5) is 0 Å². The molecule has 0 saturated carbocycles. The van der Waals surface area contributed by atoms with Gasteiger partial charge in [0.25, 0.3) is 0 Å². The Balaban J connectivity index is 2.70. The summed E-state index contributed by atoms with van der Waals surface area (Å²) >= 11 is 0. The van der Waals surface area contributed by atoms with E-state index in [0.717, 1.165) is 26.1 Å². The standard InChI is InChI=1S/C17H31NO3/c1-12(2)14(20)15(16(3,4)5)18-13(19)11-17(6)7-9-21-10-8-17/h12,15H,7-11H2,1-6H3,(H,18,19). The Hall–Kier alpha value is -0.900. The second kappa shape index (κ2) is 6.91. The largest absolute Gasteiger partial charge is 0.381 e. The molecule has 0 radical (unpaired) electrons. The van der Waals surface area contributed by atoms with Crippen LogP contribution in [0.15, 0.2) is 0 Å². The van der Waals surface area contributed by atoms with Crippen molar-refractivity contribution in [3.05, 3.63) is 0 Å². The van der Waals surface area contributed by atoms with Gasteiger partial charge in [0, 0.05) is 25.6 Å². The average Bonchev–Trinajstić information content (AvgIpc) is 2.34. The lowest BCUT2D eigenvalue weighted by molar-refractivity contribution is -0.133. The molecule has 1 saturated heterocycles. The summed E-state index contributed by atoms with van der Waals surface area (Å²) in [7, 11) is 0. The first kappa shape index (κ1) is 18.1. The first-order valence-electron chi connectivity index (χ1n) is 7.96. The maximum absolute atomic E-state index is 12.4. The zero-order valence-electron chi connectivity index (χ0n) is 14.4. The molecular formula is C17H31NO3. The van der Waals surface area contributed by atoms with Gasteiger partial charge in [-0.2, -0.15) is 0 Å². The summed E-state index contributed by atoms with van der Waals surface area (Å²) in [5, 5.41) is 2.98. The van der Waals surface area contributed by atoms with Crippen LogP contribution in [0.1, 0.15) is 60.8 Å². The van der Waals surface area contributed by atoms with Gasteiger partial charge in [-0.1, -0.05) is 41.5 Å². The minimum atomic E-state index is -0.423. The van der Waals surface area contributed by atoms with Gasteiger partial charge in [0.1, 0.15) is 0 Å². The number of nitrogens with one attached hydrogen (secondary N) is 1. The minimum Gasteiger partial charge on any atom is -0.381 e. The van der Waals surface area contributed by atoms with E-state index in [4.69, 9.17) is 4.74 Å². The Morgan fingerprint density at radius 2 is 1.71 bits per heavy atom. The van der Waals surface area contributed by atoms with Gasteiger partial charge in [-0.05, 0) is 23.7 Å². The predicted molar refractivity (Wildman–Crippen MR) is 84.0 cm³/mol. The fraction of sp³-hybridized carbons (Fsp3) is 0.882. The van der Waals surface area contributed by atoms with Crippen LogP contribution in [0.2, 0.25) is 0 Å². The third-order valence-corrected chi connectivity index (χ3v) is 4.31. The molecule has 0 aromatic rings. The Morgan fingerprint density at radius 3 is 2.14 bits per heavy atom. The molecule has 0 bridgehead atoms. The van der Waals surface area contributed by atoms with Crippen molar-refractivity contribution in [3.8, 4) is 0 Å².